The lowest BCUT2D eigenvalue weighted by Crippen LogP contribution is -2.36. The van der Waals surface area contributed by atoms with E-state index in [1.807, 2.05) is 24.4 Å². The molecule has 2 aliphatic rings. The number of pyridine rings is 3. The Morgan fingerprint density at radius 3 is 2.83 bits per heavy atom. The fraction of sp³-hybridized carbons (Fsp3) is 0.273. The summed E-state index contributed by atoms with van der Waals surface area (Å²) in [6.45, 7) is 3.80. The van der Waals surface area contributed by atoms with Gasteiger partial charge in [-0.3, -0.25) is 9.98 Å². The summed E-state index contributed by atoms with van der Waals surface area (Å²) in [5.41, 5.74) is 5.66. The number of hydrogen-bond donors (Lipinski definition) is 0. The molecule has 0 radical (unpaired) electrons. The van der Waals surface area contributed by atoms with Crippen molar-refractivity contribution in [1.29, 1.82) is 0 Å². The molecular formula is C22H21N5O2. The highest BCUT2D eigenvalue weighted by Crippen LogP contribution is 2.30. The Kier molecular flexibility index (Phi) is 4.65. The van der Waals surface area contributed by atoms with Crippen molar-refractivity contribution in [3.63, 3.8) is 0 Å². The van der Waals surface area contributed by atoms with Crippen LogP contribution in [0, 0.1) is 0 Å². The van der Waals surface area contributed by atoms with E-state index in [9.17, 15) is 0 Å². The highest BCUT2D eigenvalue weighted by molar-refractivity contribution is 6.14. The van der Waals surface area contributed by atoms with Crippen LogP contribution in [0.1, 0.15) is 16.8 Å². The molecule has 0 bridgehead atoms. The molecule has 2 aliphatic heterocycles. The van der Waals surface area contributed by atoms with Gasteiger partial charge in [0.2, 0.25) is 0 Å². The Bertz CT molecular complexity index is 1080. The molecule has 146 valence electrons. The maximum atomic E-state index is 5.48. The molecule has 29 heavy (non-hydrogen) atoms. The zero-order valence-corrected chi connectivity index (χ0v) is 16.2. The molecule has 0 saturated carbocycles. The number of aliphatic imine (C=N–C) groups is 1. The normalized spacial score (nSPS) is 15.8. The van der Waals surface area contributed by atoms with Crippen LogP contribution < -0.4 is 9.64 Å². The van der Waals surface area contributed by atoms with Crippen LogP contribution in [0.3, 0.4) is 0 Å². The van der Waals surface area contributed by atoms with Crippen LogP contribution in [0.25, 0.3) is 11.3 Å². The maximum Gasteiger partial charge on any atom is 0.131 e. The van der Waals surface area contributed by atoms with Crippen molar-refractivity contribution in [1.82, 2.24) is 15.0 Å². The first-order valence-corrected chi connectivity index (χ1v) is 9.66. The molecule has 7 nitrogen and oxygen atoms in total. The highest BCUT2D eigenvalue weighted by Gasteiger charge is 2.22. The highest BCUT2D eigenvalue weighted by atomic mass is 16.5. The molecule has 5 heterocycles. The van der Waals surface area contributed by atoms with E-state index in [0.29, 0.717) is 6.54 Å². The second-order valence-corrected chi connectivity index (χ2v) is 6.95. The van der Waals surface area contributed by atoms with E-state index in [1.54, 1.807) is 19.5 Å². The summed E-state index contributed by atoms with van der Waals surface area (Å²) < 4.78 is 10.9. The number of nitrogens with zero attached hydrogens (tertiary/aromatic N) is 5. The average molecular weight is 387 g/mol. The molecule has 0 atom stereocenters. The number of rotatable bonds is 4. The van der Waals surface area contributed by atoms with Crippen molar-refractivity contribution in [3.05, 3.63) is 65.7 Å². The molecule has 7 heteroatoms. The summed E-state index contributed by atoms with van der Waals surface area (Å²) in [6.07, 6.45) is 5.34. The van der Waals surface area contributed by atoms with Gasteiger partial charge in [0.25, 0.3) is 0 Å². The van der Waals surface area contributed by atoms with Gasteiger partial charge in [-0.05, 0) is 24.3 Å². The Morgan fingerprint density at radius 1 is 1.07 bits per heavy atom. The number of anilines is 1. The first-order valence-electron chi connectivity index (χ1n) is 9.66. The van der Waals surface area contributed by atoms with Gasteiger partial charge in [-0.1, -0.05) is 6.07 Å². The quantitative estimate of drug-likeness (QED) is 0.685. The van der Waals surface area contributed by atoms with Crippen molar-refractivity contribution in [2.75, 3.05) is 38.3 Å². The number of fused-ring (bicyclic) bond motifs is 1. The van der Waals surface area contributed by atoms with E-state index in [2.05, 4.69) is 27.0 Å². The zero-order valence-electron chi connectivity index (χ0n) is 16.2. The zero-order chi connectivity index (χ0) is 19.6. The third kappa shape index (κ3) is 3.34. The van der Waals surface area contributed by atoms with Crippen LogP contribution in [0.4, 0.5) is 5.82 Å². The first kappa shape index (κ1) is 17.8. The molecular weight excluding hydrogens is 366 g/mol. The van der Waals surface area contributed by atoms with Crippen molar-refractivity contribution in [2.45, 2.75) is 6.54 Å². The molecule has 3 aromatic heterocycles. The van der Waals surface area contributed by atoms with E-state index in [4.69, 9.17) is 19.5 Å². The third-order valence-corrected chi connectivity index (χ3v) is 5.24. The van der Waals surface area contributed by atoms with Crippen LogP contribution in [-0.2, 0) is 11.3 Å². The van der Waals surface area contributed by atoms with E-state index >= 15 is 0 Å². The van der Waals surface area contributed by atoms with E-state index in [1.165, 1.54) is 0 Å². The summed E-state index contributed by atoms with van der Waals surface area (Å²) >= 11 is 0. The maximum absolute atomic E-state index is 5.48. The molecule has 5 rings (SSSR count). The standard InChI is InChI=1S/C22H21N5O2/c1-28-19-5-6-23-14-17(19)18-3-2-16-13-25-21(22(16)26-18)15-4-7-24-20(12-15)27-8-10-29-11-9-27/h2-7,12,14H,8-11,13H2,1H3. The Labute approximate surface area is 169 Å². The van der Waals surface area contributed by atoms with Gasteiger partial charge in [0.05, 0.1) is 49.5 Å². The SMILES string of the molecule is COc1ccncc1-c1ccc2c(n1)C(c1ccnc(N3CCOCC3)c1)=NC2. The van der Waals surface area contributed by atoms with Gasteiger partial charge in [-0.15, -0.1) is 0 Å². The molecule has 1 saturated heterocycles. The molecule has 0 unspecified atom stereocenters. The van der Waals surface area contributed by atoms with E-state index in [-0.39, 0.29) is 0 Å². The molecule has 3 aromatic rings. The largest absolute Gasteiger partial charge is 0.496 e. The number of aromatic nitrogens is 3. The van der Waals surface area contributed by atoms with Crippen molar-refractivity contribution in [3.8, 4) is 17.0 Å². The minimum absolute atomic E-state index is 0.636. The monoisotopic (exact) mass is 387 g/mol. The molecule has 1 fully saturated rings. The lowest BCUT2D eigenvalue weighted by molar-refractivity contribution is 0.122. The predicted octanol–water partition coefficient (Wildman–Crippen LogP) is 2.73. The minimum Gasteiger partial charge on any atom is -0.496 e. The fourth-order valence-corrected chi connectivity index (χ4v) is 3.72. The van der Waals surface area contributed by atoms with Gasteiger partial charge in [-0.2, -0.15) is 0 Å². The number of morpholine rings is 1. The second-order valence-electron chi connectivity index (χ2n) is 6.95. The second kappa shape index (κ2) is 7.60. The van der Waals surface area contributed by atoms with Gasteiger partial charge in [0, 0.05) is 42.8 Å². The number of methoxy groups -OCH3 is 1. The fourth-order valence-electron chi connectivity index (χ4n) is 3.72. The number of ether oxygens (including phenoxy) is 2. The lowest BCUT2D eigenvalue weighted by atomic mass is 10.0. The van der Waals surface area contributed by atoms with Gasteiger partial charge >= 0.3 is 0 Å². The topological polar surface area (TPSA) is 72.7 Å². The van der Waals surface area contributed by atoms with Gasteiger partial charge in [0.1, 0.15) is 11.6 Å². The summed E-state index contributed by atoms with van der Waals surface area (Å²) in [7, 11) is 1.66. The van der Waals surface area contributed by atoms with Gasteiger partial charge in [0.15, 0.2) is 0 Å². The summed E-state index contributed by atoms with van der Waals surface area (Å²) in [5.74, 6) is 1.70. The Balaban J connectivity index is 1.51. The summed E-state index contributed by atoms with van der Waals surface area (Å²) in [5, 5.41) is 0. The molecule has 0 spiro atoms. The van der Waals surface area contributed by atoms with Crippen molar-refractivity contribution >= 4 is 11.5 Å². The summed E-state index contributed by atoms with van der Waals surface area (Å²) in [6, 6.07) is 10.0. The summed E-state index contributed by atoms with van der Waals surface area (Å²) in [4.78, 5) is 20.7. The van der Waals surface area contributed by atoms with Crippen LogP contribution >= 0.6 is 0 Å². The van der Waals surface area contributed by atoms with Crippen molar-refractivity contribution in [2.24, 2.45) is 4.99 Å². The molecule has 0 N–H and O–H groups in total. The Hall–Kier alpha value is -3.32. The van der Waals surface area contributed by atoms with E-state index in [0.717, 1.165) is 71.7 Å². The first-order chi connectivity index (χ1) is 14.3. The van der Waals surface area contributed by atoms with Crippen LogP contribution in [0.2, 0.25) is 0 Å². The van der Waals surface area contributed by atoms with Crippen LogP contribution in [0.5, 0.6) is 5.75 Å². The Morgan fingerprint density at radius 2 is 1.97 bits per heavy atom. The predicted molar refractivity (Wildman–Crippen MR) is 111 cm³/mol. The molecule has 0 amide bonds. The third-order valence-electron chi connectivity index (χ3n) is 5.24. The van der Waals surface area contributed by atoms with Crippen LogP contribution in [-0.4, -0.2) is 54.1 Å². The van der Waals surface area contributed by atoms with Crippen LogP contribution in [0.15, 0.2) is 53.9 Å². The molecule has 0 aliphatic carbocycles. The van der Waals surface area contributed by atoms with Gasteiger partial charge in [-0.25, -0.2) is 9.97 Å². The average Bonchev–Trinajstić information content (AvgIpc) is 3.23. The number of hydrogen-bond acceptors (Lipinski definition) is 7. The smallest absolute Gasteiger partial charge is 0.131 e. The van der Waals surface area contributed by atoms with Crippen molar-refractivity contribution < 1.29 is 9.47 Å². The lowest BCUT2D eigenvalue weighted by Gasteiger charge is -2.28. The minimum atomic E-state index is 0.636. The van der Waals surface area contributed by atoms with E-state index < -0.39 is 0 Å². The van der Waals surface area contributed by atoms with Gasteiger partial charge < -0.3 is 14.4 Å². The molecule has 0 aromatic carbocycles.